The fourth-order valence-electron chi connectivity index (χ4n) is 7.34. The molecule has 1 fully saturated rings. The van der Waals surface area contributed by atoms with Gasteiger partial charge < -0.3 is 24.4 Å². The molecule has 4 aliphatic heterocycles. The van der Waals surface area contributed by atoms with Gasteiger partial charge in [0.25, 0.3) is 0 Å². The molecule has 8 heteroatoms. The Morgan fingerprint density at radius 2 is 1.67 bits per heavy atom. The lowest BCUT2D eigenvalue weighted by molar-refractivity contribution is -0.122. The quantitative estimate of drug-likeness (QED) is 0.321. The molecule has 8 rings (SSSR count). The number of hydrogen-bond donors (Lipinski definition) is 1. The van der Waals surface area contributed by atoms with Gasteiger partial charge in [0.15, 0.2) is 23.1 Å². The number of amides is 1. The van der Waals surface area contributed by atoms with Crippen LogP contribution in [0.25, 0.3) is 6.08 Å². The summed E-state index contributed by atoms with van der Waals surface area (Å²) in [5.41, 5.74) is 2.47. The first-order valence-electron chi connectivity index (χ1n) is 14.1. The highest BCUT2D eigenvalue weighted by Gasteiger charge is 2.70. The molecule has 4 heterocycles. The molecule has 4 unspecified atom stereocenters. The molecule has 43 heavy (non-hydrogen) atoms. The molecule has 1 spiro atoms. The number of nitrogens with one attached hydrogen (secondary N) is 1. The summed E-state index contributed by atoms with van der Waals surface area (Å²) < 4.78 is 16.5. The summed E-state index contributed by atoms with van der Waals surface area (Å²) in [6.07, 6.45) is 3.80. The Morgan fingerprint density at radius 3 is 2.56 bits per heavy atom. The van der Waals surface area contributed by atoms with E-state index >= 15 is 0 Å². The van der Waals surface area contributed by atoms with Crippen molar-refractivity contribution < 1.29 is 28.6 Å². The Balaban J connectivity index is 1.40. The van der Waals surface area contributed by atoms with E-state index in [0.29, 0.717) is 39.6 Å². The predicted molar refractivity (Wildman–Crippen MR) is 158 cm³/mol. The van der Waals surface area contributed by atoms with Gasteiger partial charge in [-0.3, -0.25) is 14.4 Å². The standard InChI is InChI=1S/C35H26N2O6/c1-41-23-9-6-8-21(17-23)31(38)29-30(32(39)22-13-14-27-28(18-22)43-19-42-27)37-16-15-20-7-2-3-10-24(20)33(37)35(29)25-11-4-5-12-26(25)36-34(35)40/h2-18,29-30,33H,19H2,1H3,(H,36,40). The number of anilines is 1. The second-order valence-corrected chi connectivity index (χ2v) is 11.1. The topological polar surface area (TPSA) is 94.2 Å². The number of Topliss-reactive ketones (excluding diaryl/α,β-unsaturated/α-hetero) is 2. The van der Waals surface area contributed by atoms with Crippen LogP contribution in [0.2, 0.25) is 0 Å². The van der Waals surface area contributed by atoms with Crippen molar-refractivity contribution in [1.82, 2.24) is 4.90 Å². The third kappa shape index (κ3) is 3.46. The fraction of sp³-hybridized carbons (Fsp3) is 0.171. The summed E-state index contributed by atoms with van der Waals surface area (Å²) in [7, 11) is 1.54. The number of hydrogen-bond acceptors (Lipinski definition) is 7. The molecule has 1 saturated heterocycles. The second kappa shape index (κ2) is 9.32. The number of ketones is 2. The van der Waals surface area contributed by atoms with E-state index in [9.17, 15) is 14.4 Å². The lowest BCUT2D eigenvalue weighted by atomic mass is 9.62. The summed E-state index contributed by atoms with van der Waals surface area (Å²) in [6.45, 7) is 0.0706. The average molecular weight is 571 g/mol. The largest absolute Gasteiger partial charge is 0.497 e. The maximum atomic E-state index is 14.9. The number of carbonyl (C=O) groups is 3. The maximum absolute atomic E-state index is 14.9. The Bertz CT molecular complexity index is 1880. The number of para-hydroxylation sites is 1. The highest BCUT2D eigenvalue weighted by atomic mass is 16.7. The predicted octanol–water partition coefficient (Wildman–Crippen LogP) is 5.41. The molecular formula is C35H26N2O6. The Hall–Kier alpha value is -5.37. The van der Waals surface area contributed by atoms with Crippen LogP contribution in [-0.2, 0) is 10.2 Å². The van der Waals surface area contributed by atoms with Crippen LogP contribution < -0.4 is 19.5 Å². The minimum atomic E-state index is -1.41. The Labute approximate surface area is 247 Å². The SMILES string of the molecule is COc1cccc(C(=O)C2C(C(=O)c3ccc4c(c3)OCO4)N3C=Cc4ccccc4C3C23C(=O)Nc2ccccc23)c1. The van der Waals surface area contributed by atoms with Gasteiger partial charge in [-0.1, -0.05) is 54.6 Å². The monoisotopic (exact) mass is 570 g/mol. The third-order valence-corrected chi connectivity index (χ3v) is 9.13. The smallest absolute Gasteiger partial charge is 0.238 e. The molecule has 1 N–H and O–H groups in total. The van der Waals surface area contributed by atoms with Crippen LogP contribution in [0, 0.1) is 5.92 Å². The van der Waals surface area contributed by atoms with Crippen molar-refractivity contribution in [3.63, 3.8) is 0 Å². The van der Waals surface area contributed by atoms with Gasteiger partial charge in [0.05, 0.1) is 19.1 Å². The van der Waals surface area contributed by atoms with E-state index in [1.54, 1.807) is 42.5 Å². The summed E-state index contributed by atoms with van der Waals surface area (Å²) in [4.78, 5) is 46.2. The molecule has 8 nitrogen and oxygen atoms in total. The van der Waals surface area contributed by atoms with Crippen molar-refractivity contribution in [3.8, 4) is 17.2 Å². The van der Waals surface area contributed by atoms with Crippen LogP contribution in [0.5, 0.6) is 17.2 Å². The molecule has 0 aliphatic carbocycles. The molecule has 4 aromatic rings. The second-order valence-electron chi connectivity index (χ2n) is 11.1. The zero-order valence-electron chi connectivity index (χ0n) is 23.2. The van der Waals surface area contributed by atoms with E-state index in [2.05, 4.69) is 5.32 Å². The molecule has 0 saturated carbocycles. The molecule has 1 amide bonds. The summed E-state index contributed by atoms with van der Waals surface area (Å²) in [5.74, 6) is -0.465. The summed E-state index contributed by atoms with van der Waals surface area (Å²) in [5, 5.41) is 3.07. The highest BCUT2D eigenvalue weighted by molar-refractivity contribution is 6.16. The number of rotatable bonds is 5. The average Bonchev–Trinajstić information content (AvgIpc) is 3.73. The molecule has 4 aliphatic rings. The number of carbonyl (C=O) groups excluding carboxylic acids is 3. The van der Waals surface area contributed by atoms with E-state index in [1.807, 2.05) is 65.7 Å². The normalized spacial score (nSPS) is 23.9. The number of nitrogens with zero attached hydrogens (tertiary/aromatic N) is 1. The molecule has 4 aromatic carbocycles. The van der Waals surface area contributed by atoms with Crippen molar-refractivity contribution in [2.75, 3.05) is 19.2 Å². The number of methoxy groups -OCH3 is 1. The first-order valence-corrected chi connectivity index (χ1v) is 14.1. The van der Waals surface area contributed by atoms with Gasteiger partial charge in [-0.15, -0.1) is 0 Å². The van der Waals surface area contributed by atoms with E-state index in [1.165, 1.54) is 7.11 Å². The van der Waals surface area contributed by atoms with Gasteiger partial charge in [0.2, 0.25) is 12.7 Å². The van der Waals surface area contributed by atoms with Crippen LogP contribution in [0.1, 0.15) is 43.4 Å². The maximum Gasteiger partial charge on any atom is 0.238 e. The molecule has 0 bridgehead atoms. The van der Waals surface area contributed by atoms with Gasteiger partial charge in [-0.05, 0) is 59.2 Å². The van der Waals surface area contributed by atoms with Gasteiger partial charge in [0.1, 0.15) is 17.2 Å². The van der Waals surface area contributed by atoms with Crippen LogP contribution in [0.15, 0.2) is 97.2 Å². The molecular weight excluding hydrogens is 544 g/mol. The minimum Gasteiger partial charge on any atom is -0.497 e. The van der Waals surface area contributed by atoms with Crippen molar-refractivity contribution in [1.29, 1.82) is 0 Å². The zero-order valence-corrected chi connectivity index (χ0v) is 23.2. The van der Waals surface area contributed by atoms with Crippen LogP contribution in [-0.4, -0.2) is 42.3 Å². The fourth-order valence-corrected chi connectivity index (χ4v) is 7.34. The van der Waals surface area contributed by atoms with Crippen LogP contribution in [0.3, 0.4) is 0 Å². The lowest BCUT2D eigenvalue weighted by Crippen LogP contribution is -2.49. The third-order valence-electron chi connectivity index (χ3n) is 9.13. The van der Waals surface area contributed by atoms with Gasteiger partial charge in [-0.25, -0.2) is 0 Å². The Morgan fingerprint density at radius 1 is 0.884 bits per heavy atom. The first kappa shape index (κ1) is 25.3. The molecule has 212 valence electrons. The van der Waals surface area contributed by atoms with Crippen molar-refractivity contribution in [3.05, 3.63) is 125 Å². The minimum absolute atomic E-state index is 0.0706. The van der Waals surface area contributed by atoms with Crippen molar-refractivity contribution in [2.45, 2.75) is 17.5 Å². The van der Waals surface area contributed by atoms with Gasteiger partial charge in [0, 0.05) is 23.0 Å². The first-order chi connectivity index (χ1) is 21.0. The van der Waals surface area contributed by atoms with E-state index in [0.717, 1.165) is 11.1 Å². The molecule has 4 atom stereocenters. The van der Waals surface area contributed by atoms with E-state index < -0.39 is 23.4 Å². The number of benzene rings is 4. The van der Waals surface area contributed by atoms with Crippen molar-refractivity contribution in [2.24, 2.45) is 5.92 Å². The number of ether oxygens (including phenoxy) is 3. The number of fused-ring (bicyclic) bond motifs is 7. The van der Waals surface area contributed by atoms with Crippen LogP contribution >= 0.6 is 0 Å². The Kier molecular flexibility index (Phi) is 5.50. The zero-order chi connectivity index (χ0) is 29.3. The van der Waals surface area contributed by atoms with E-state index in [-0.39, 0.29) is 24.3 Å². The van der Waals surface area contributed by atoms with Crippen LogP contribution in [0.4, 0.5) is 5.69 Å². The highest BCUT2D eigenvalue weighted by Crippen LogP contribution is 2.62. The molecule has 0 aromatic heterocycles. The van der Waals surface area contributed by atoms with Gasteiger partial charge >= 0.3 is 0 Å². The summed E-state index contributed by atoms with van der Waals surface area (Å²) >= 11 is 0. The lowest BCUT2D eigenvalue weighted by Gasteiger charge is -2.38. The van der Waals surface area contributed by atoms with Crippen molar-refractivity contribution >= 4 is 29.2 Å². The van der Waals surface area contributed by atoms with E-state index in [4.69, 9.17) is 14.2 Å². The van der Waals surface area contributed by atoms with Gasteiger partial charge in [-0.2, -0.15) is 0 Å². The summed E-state index contributed by atoms with van der Waals surface area (Å²) in [6, 6.07) is 25.6. The molecule has 0 radical (unpaired) electrons.